The van der Waals surface area contributed by atoms with Crippen molar-refractivity contribution in [2.45, 2.75) is 19.9 Å². The Morgan fingerprint density at radius 1 is 1.35 bits per heavy atom. The lowest BCUT2D eigenvalue weighted by atomic mass is 10.1. The molecule has 0 fully saturated rings. The molecule has 7 heteroatoms. The Kier molecular flexibility index (Phi) is 6.64. The number of carbonyl (C=O) groups excluding carboxylic acids is 2. The summed E-state index contributed by atoms with van der Waals surface area (Å²) in [6.45, 7) is 2.51. The number of carbonyl (C=O) groups is 3. The van der Waals surface area contributed by atoms with Gasteiger partial charge in [-0.25, -0.2) is 4.79 Å². The number of carboxylic acid groups (broad SMARTS) is 1. The van der Waals surface area contributed by atoms with Crippen LogP contribution in [0.4, 0.5) is 0 Å². The van der Waals surface area contributed by atoms with Crippen LogP contribution in [0.25, 0.3) is 0 Å². The van der Waals surface area contributed by atoms with E-state index in [0.717, 1.165) is 4.90 Å². The van der Waals surface area contributed by atoms with Crippen LogP contribution in [0.2, 0.25) is 0 Å². The quantitative estimate of drug-likeness (QED) is 0.521. The minimum atomic E-state index is -1.18. The van der Waals surface area contributed by atoms with Crippen LogP contribution in [0.3, 0.4) is 0 Å². The van der Waals surface area contributed by atoms with Crippen LogP contribution in [0.5, 0.6) is 0 Å². The highest BCUT2D eigenvalue weighted by molar-refractivity contribution is 7.80. The van der Waals surface area contributed by atoms with Gasteiger partial charge in [-0.2, -0.15) is 12.6 Å². The van der Waals surface area contributed by atoms with Crippen molar-refractivity contribution in [3.63, 3.8) is 0 Å². The van der Waals surface area contributed by atoms with Crippen LogP contribution in [0.15, 0.2) is 0 Å². The number of amides is 1. The summed E-state index contributed by atoms with van der Waals surface area (Å²) in [6, 6.07) is -0.925. The zero-order chi connectivity index (χ0) is 13.6. The molecule has 98 valence electrons. The first-order chi connectivity index (χ1) is 7.84. The zero-order valence-electron chi connectivity index (χ0n) is 10.0. The third-order valence-electron chi connectivity index (χ3n) is 2.29. The van der Waals surface area contributed by atoms with Gasteiger partial charge in [-0.05, 0) is 6.92 Å². The van der Waals surface area contributed by atoms with Gasteiger partial charge >= 0.3 is 11.9 Å². The van der Waals surface area contributed by atoms with Gasteiger partial charge in [0, 0.05) is 11.7 Å². The van der Waals surface area contributed by atoms with E-state index >= 15 is 0 Å². The second-order valence-corrected chi connectivity index (χ2v) is 4.01. The number of hydrogen-bond acceptors (Lipinski definition) is 5. The number of hydrogen-bond donors (Lipinski definition) is 2. The molecule has 0 saturated heterocycles. The van der Waals surface area contributed by atoms with E-state index in [0.29, 0.717) is 0 Å². The molecule has 0 aromatic carbocycles. The van der Waals surface area contributed by atoms with E-state index in [2.05, 4.69) is 17.4 Å². The lowest BCUT2D eigenvalue weighted by Gasteiger charge is -2.27. The monoisotopic (exact) mass is 263 g/mol. The van der Waals surface area contributed by atoms with E-state index in [1.807, 2.05) is 0 Å². The van der Waals surface area contributed by atoms with Gasteiger partial charge in [-0.1, -0.05) is 6.92 Å². The zero-order valence-corrected chi connectivity index (χ0v) is 10.9. The summed E-state index contributed by atoms with van der Waals surface area (Å²) in [6.07, 6.45) is 0. The van der Waals surface area contributed by atoms with Gasteiger partial charge in [0.05, 0.1) is 7.11 Å². The van der Waals surface area contributed by atoms with Crippen LogP contribution >= 0.6 is 12.6 Å². The van der Waals surface area contributed by atoms with E-state index in [1.165, 1.54) is 14.0 Å². The van der Waals surface area contributed by atoms with Crippen molar-refractivity contribution in [2.24, 2.45) is 5.92 Å². The molecule has 0 radical (unpaired) electrons. The number of ether oxygens (including phenoxy) is 1. The van der Waals surface area contributed by atoms with E-state index in [-0.39, 0.29) is 5.75 Å². The van der Waals surface area contributed by atoms with Crippen LogP contribution in [-0.4, -0.2) is 53.3 Å². The van der Waals surface area contributed by atoms with E-state index < -0.39 is 36.4 Å². The average Bonchev–Trinajstić information content (AvgIpc) is 2.31. The van der Waals surface area contributed by atoms with Gasteiger partial charge in [0.2, 0.25) is 5.91 Å². The molecule has 0 rings (SSSR count). The highest BCUT2D eigenvalue weighted by Crippen LogP contribution is 2.09. The van der Waals surface area contributed by atoms with Gasteiger partial charge in [0.25, 0.3) is 0 Å². The predicted octanol–water partition coefficient (Wildman–Crippen LogP) is 0.0270. The molecule has 0 unspecified atom stereocenters. The molecule has 0 aliphatic rings. The van der Waals surface area contributed by atoms with Crippen molar-refractivity contribution < 1.29 is 24.2 Å². The second-order valence-electron chi connectivity index (χ2n) is 3.64. The highest BCUT2D eigenvalue weighted by atomic mass is 32.1. The van der Waals surface area contributed by atoms with Gasteiger partial charge in [0.15, 0.2) is 0 Å². The van der Waals surface area contributed by atoms with Gasteiger partial charge < -0.3 is 14.7 Å². The Balaban J connectivity index is 4.92. The summed E-state index contributed by atoms with van der Waals surface area (Å²) in [5, 5.41) is 8.73. The molecule has 0 bridgehead atoms. The standard InChI is InChI=1S/C10H17NO5S/c1-6(5-17)9(14)11(4-8(12)13)7(2)10(15)16-3/h6-7,17H,4-5H2,1-3H3,(H,12,13)/t6-,7-/m1/s1. The maximum atomic E-state index is 11.9. The molecule has 0 aromatic heterocycles. The molecular weight excluding hydrogens is 246 g/mol. The molecule has 2 atom stereocenters. The highest BCUT2D eigenvalue weighted by Gasteiger charge is 2.30. The number of methoxy groups -OCH3 is 1. The maximum Gasteiger partial charge on any atom is 0.328 e. The molecule has 0 heterocycles. The number of nitrogens with zero attached hydrogens (tertiary/aromatic N) is 1. The molecule has 0 aliphatic heterocycles. The first kappa shape index (κ1) is 15.8. The van der Waals surface area contributed by atoms with Crippen molar-refractivity contribution in [2.75, 3.05) is 19.4 Å². The largest absolute Gasteiger partial charge is 0.480 e. The minimum Gasteiger partial charge on any atom is -0.480 e. The Morgan fingerprint density at radius 2 is 1.88 bits per heavy atom. The summed E-state index contributed by atoms with van der Waals surface area (Å²) < 4.78 is 4.49. The Morgan fingerprint density at radius 3 is 2.24 bits per heavy atom. The third kappa shape index (κ3) is 4.64. The summed E-state index contributed by atoms with van der Waals surface area (Å²) >= 11 is 3.97. The van der Waals surface area contributed by atoms with Crippen molar-refractivity contribution >= 4 is 30.5 Å². The first-order valence-electron chi connectivity index (χ1n) is 5.06. The lowest BCUT2D eigenvalue weighted by molar-refractivity contribution is -0.156. The molecule has 17 heavy (non-hydrogen) atoms. The van der Waals surface area contributed by atoms with E-state index in [4.69, 9.17) is 5.11 Å². The summed E-state index contributed by atoms with van der Waals surface area (Å²) in [5.74, 6) is -2.43. The van der Waals surface area contributed by atoms with E-state index in [9.17, 15) is 14.4 Å². The summed E-state index contributed by atoms with van der Waals surface area (Å²) in [5.41, 5.74) is 0. The third-order valence-corrected chi connectivity index (χ3v) is 2.84. The maximum absolute atomic E-state index is 11.9. The predicted molar refractivity (Wildman–Crippen MR) is 63.8 cm³/mol. The lowest BCUT2D eigenvalue weighted by Crippen LogP contribution is -2.48. The molecule has 0 aliphatic carbocycles. The van der Waals surface area contributed by atoms with Crippen LogP contribution in [0.1, 0.15) is 13.8 Å². The normalized spacial score (nSPS) is 13.6. The second kappa shape index (κ2) is 7.16. The number of carboxylic acids is 1. The topological polar surface area (TPSA) is 83.9 Å². The number of rotatable bonds is 6. The molecule has 0 saturated carbocycles. The average molecular weight is 263 g/mol. The Labute approximate surface area is 105 Å². The van der Waals surface area contributed by atoms with Crippen molar-refractivity contribution in [1.82, 2.24) is 4.90 Å². The molecule has 1 N–H and O–H groups in total. The van der Waals surface area contributed by atoms with Gasteiger partial charge in [-0.3, -0.25) is 9.59 Å². The SMILES string of the molecule is COC(=O)[C@@H](C)N(CC(=O)O)C(=O)[C@H](C)CS. The summed E-state index contributed by atoms with van der Waals surface area (Å²) in [7, 11) is 1.18. The molecule has 0 aromatic rings. The molecule has 1 amide bonds. The van der Waals surface area contributed by atoms with Crippen LogP contribution < -0.4 is 0 Å². The number of esters is 1. The van der Waals surface area contributed by atoms with E-state index in [1.54, 1.807) is 6.92 Å². The number of thiol groups is 1. The summed E-state index contributed by atoms with van der Waals surface area (Å²) in [4.78, 5) is 34.9. The van der Waals surface area contributed by atoms with Crippen LogP contribution in [-0.2, 0) is 19.1 Å². The fourth-order valence-electron chi connectivity index (χ4n) is 1.21. The Bertz CT molecular complexity index is 307. The number of aliphatic carboxylic acids is 1. The molecule has 0 spiro atoms. The van der Waals surface area contributed by atoms with Crippen molar-refractivity contribution in [1.29, 1.82) is 0 Å². The van der Waals surface area contributed by atoms with Gasteiger partial charge in [0.1, 0.15) is 12.6 Å². The smallest absolute Gasteiger partial charge is 0.328 e. The minimum absolute atomic E-state index is 0.281. The fraction of sp³-hybridized carbons (Fsp3) is 0.700. The van der Waals surface area contributed by atoms with Gasteiger partial charge in [-0.15, -0.1) is 0 Å². The van der Waals surface area contributed by atoms with Crippen molar-refractivity contribution in [3.05, 3.63) is 0 Å². The first-order valence-corrected chi connectivity index (χ1v) is 5.69. The molecule has 6 nitrogen and oxygen atoms in total. The van der Waals surface area contributed by atoms with Crippen molar-refractivity contribution in [3.8, 4) is 0 Å². The Hall–Kier alpha value is -1.24. The van der Waals surface area contributed by atoms with Crippen LogP contribution in [0, 0.1) is 5.92 Å². The molecular formula is C10H17NO5S. The fourth-order valence-corrected chi connectivity index (χ4v) is 1.37.